The third-order valence-corrected chi connectivity index (χ3v) is 5.92. The average molecular weight is 447 g/mol. The number of ether oxygens (including phenoxy) is 1. The predicted octanol–water partition coefficient (Wildman–Crippen LogP) is 4.87. The Morgan fingerprint density at radius 3 is 2.53 bits per heavy atom. The molecule has 1 fully saturated rings. The van der Waals surface area contributed by atoms with Crippen molar-refractivity contribution in [3.8, 4) is 5.75 Å². The van der Waals surface area contributed by atoms with Crippen molar-refractivity contribution in [1.29, 1.82) is 0 Å². The first kappa shape index (κ1) is 22.2. The Bertz CT molecular complexity index is 1010. The summed E-state index contributed by atoms with van der Waals surface area (Å²) in [6, 6.07) is 24.4. The number of benzene rings is 2. The smallest absolute Gasteiger partial charge is 0.173 e. The van der Waals surface area contributed by atoms with E-state index in [4.69, 9.17) is 17.0 Å². The summed E-state index contributed by atoms with van der Waals surface area (Å²) in [6.07, 6.45) is 1.08. The van der Waals surface area contributed by atoms with Gasteiger partial charge in [0.1, 0.15) is 12.4 Å². The summed E-state index contributed by atoms with van der Waals surface area (Å²) in [7, 11) is 0. The van der Waals surface area contributed by atoms with Crippen LogP contribution in [-0.2, 0) is 13.2 Å². The van der Waals surface area contributed by atoms with Crippen LogP contribution < -0.4 is 10.1 Å². The second-order valence-electron chi connectivity index (χ2n) is 8.12. The van der Waals surface area contributed by atoms with Crippen molar-refractivity contribution in [2.75, 3.05) is 31.5 Å². The van der Waals surface area contributed by atoms with E-state index in [1.807, 2.05) is 55.5 Å². The molecule has 4 rings (SSSR count). The zero-order valence-electron chi connectivity index (χ0n) is 18.5. The number of aryl methyl sites for hydroxylation is 1. The van der Waals surface area contributed by atoms with Gasteiger partial charge in [-0.15, -0.1) is 0 Å². The number of pyridine rings is 1. The van der Waals surface area contributed by atoms with Gasteiger partial charge in [0, 0.05) is 44.1 Å². The van der Waals surface area contributed by atoms with Crippen LogP contribution in [0, 0.1) is 6.92 Å². The number of nitrogens with one attached hydrogen (secondary N) is 1. The summed E-state index contributed by atoms with van der Waals surface area (Å²) in [4.78, 5) is 9.37. The molecule has 2 heterocycles. The molecule has 6 heteroatoms. The van der Waals surface area contributed by atoms with Crippen LogP contribution in [0.3, 0.4) is 0 Å². The highest BCUT2D eigenvalue weighted by Gasteiger charge is 2.17. The third kappa shape index (κ3) is 6.52. The molecule has 0 spiro atoms. The Morgan fingerprint density at radius 2 is 1.75 bits per heavy atom. The predicted molar refractivity (Wildman–Crippen MR) is 134 cm³/mol. The van der Waals surface area contributed by atoms with E-state index in [0.29, 0.717) is 6.61 Å². The van der Waals surface area contributed by atoms with Gasteiger partial charge in [0.25, 0.3) is 0 Å². The summed E-state index contributed by atoms with van der Waals surface area (Å²) in [5.41, 5.74) is 4.34. The maximum Gasteiger partial charge on any atom is 0.173 e. The van der Waals surface area contributed by atoms with Crippen molar-refractivity contribution in [3.05, 3.63) is 89.7 Å². The molecule has 0 saturated carbocycles. The molecule has 1 aliphatic rings. The molecule has 3 aromatic rings. The minimum atomic E-state index is 0.564. The summed E-state index contributed by atoms with van der Waals surface area (Å²) >= 11 is 5.70. The zero-order chi connectivity index (χ0) is 22.2. The van der Waals surface area contributed by atoms with Crippen LogP contribution in [0.25, 0.3) is 0 Å². The number of thiocarbonyl (C=S) groups is 1. The number of rotatable bonds is 6. The van der Waals surface area contributed by atoms with Crippen LogP contribution in [0.5, 0.6) is 5.75 Å². The molecule has 1 aromatic heterocycles. The van der Waals surface area contributed by atoms with Gasteiger partial charge in [-0.05, 0) is 67.5 Å². The number of hydrogen-bond donors (Lipinski definition) is 1. The maximum absolute atomic E-state index is 5.87. The topological polar surface area (TPSA) is 40.6 Å². The van der Waals surface area contributed by atoms with Crippen molar-refractivity contribution in [2.45, 2.75) is 26.5 Å². The summed E-state index contributed by atoms with van der Waals surface area (Å²) < 4.78 is 5.87. The minimum Gasteiger partial charge on any atom is -0.489 e. The first-order valence-corrected chi connectivity index (χ1v) is 11.5. The summed E-state index contributed by atoms with van der Waals surface area (Å²) in [6.45, 7) is 7.40. The highest BCUT2D eigenvalue weighted by molar-refractivity contribution is 7.80. The molecule has 0 atom stereocenters. The molecule has 1 saturated heterocycles. The first-order chi connectivity index (χ1) is 15.7. The Hall–Kier alpha value is -2.96. The third-order valence-electron chi connectivity index (χ3n) is 5.56. The first-order valence-electron chi connectivity index (χ1n) is 11.1. The van der Waals surface area contributed by atoms with Gasteiger partial charge in [0.2, 0.25) is 0 Å². The van der Waals surface area contributed by atoms with Gasteiger partial charge in [0.15, 0.2) is 5.11 Å². The van der Waals surface area contributed by atoms with E-state index in [-0.39, 0.29) is 0 Å². The van der Waals surface area contributed by atoms with Gasteiger partial charge in [-0.2, -0.15) is 0 Å². The Kier molecular flexibility index (Phi) is 7.69. The Labute approximate surface area is 196 Å². The second kappa shape index (κ2) is 11.1. The van der Waals surface area contributed by atoms with E-state index < -0.39 is 0 Å². The normalized spacial score (nSPS) is 14.6. The Balaban J connectivity index is 1.25. The maximum atomic E-state index is 5.87. The van der Waals surface area contributed by atoms with Crippen LogP contribution >= 0.6 is 12.2 Å². The molecule has 2 aromatic carbocycles. The standard InChI is InChI=1S/C26H30N4OS/c1-21-7-5-10-24(27-21)19-29-15-6-16-30(18-17-29)26(32)28-23-11-13-25(14-12-23)31-20-22-8-3-2-4-9-22/h2-5,7-14H,6,15-20H2,1H3,(H,28,32). The lowest BCUT2D eigenvalue weighted by atomic mass is 10.2. The molecule has 0 unspecified atom stereocenters. The molecule has 0 radical (unpaired) electrons. The van der Waals surface area contributed by atoms with Gasteiger partial charge in [-0.25, -0.2) is 0 Å². The molecule has 1 aliphatic heterocycles. The lowest BCUT2D eigenvalue weighted by molar-refractivity contribution is 0.275. The highest BCUT2D eigenvalue weighted by Crippen LogP contribution is 2.18. The fourth-order valence-corrected chi connectivity index (χ4v) is 4.13. The van der Waals surface area contributed by atoms with Gasteiger partial charge in [0.05, 0.1) is 5.69 Å². The van der Waals surface area contributed by atoms with Crippen molar-refractivity contribution in [2.24, 2.45) is 0 Å². The van der Waals surface area contributed by atoms with Crippen molar-refractivity contribution in [1.82, 2.24) is 14.8 Å². The van der Waals surface area contributed by atoms with Crippen LogP contribution in [0.1, 0.15) is 23.4 Å². The van der Waals surface area contributed by atoms with E-state index in [1.54, 1.807) is 0 Å². The number of anilines is 1. The van der Waals surface area contributed by atoms with Crippen LogP contribution in [0.15, 0.2) is 72.8 Å². The Morgan fingerprint density at radius 1 is 0.938 bits per heavy atom. The van der Waals surface area contributed by atoms with Crippen molar-refractivity contribution in [3.63, 3.8) is 0 Å². The summed E-state index contributed by atoms with van der Waals surface area (Å²) in [5, 5.41) is 4.16. The number of nitrogens with zero attached hydrogens (tertiary/aromatic N) is 3. The number of aromatic nitrogens is 1. The van der Waals surface area contributed by atoms with E-state index >= 15 is 0 Å². The van der Waals surface area contributed by atoms with Crippen LogP contribution in [0.4, 0.5) is 5.69 Å². The van der Waals surface area contributed by atoms with Crippen molar-refractivity contribution >= 4 is 23.0 Å². The minimum absolute atomic E-state index is 0.564. The quantitative estimate of drug-likeness (QED) is 0.545. The van der Waals surface area contributed by atoms with E-state index in [0.717, 1.165) is 72.6 Å². The lowest BCUT2D eigenvalue weighted by Gasteiger charge is -2.24. The molecule has 166 valence electrons. The summed E-state index contributed by atoms with van der Waals surface area (Å²) in [5.74, 6) is 0.848. The molecule has 1 N–H and O–H groups in total. The highest BCUT2D eigenvalue weighted by atomic mass is 32.1. The van der Waals surface area contributed by atoms with Crippen molar-refractivity contribution < 1.29 is 4.74 Å². The van der Waals surface area contributed by atoms with Gasteiger partial charge in [-0.3, -0.25) is 9.88 Å². The largest absolute Gasteiger partial charge is 0.489 e. The molecule has 0 bridgehead atoms. The van der Waals surface area contributed by atoms with E-state index in [2.05, 4.69) is 44.4 Å². The van der Waals surface area contributed by atoms with Gasteiger partial charge < -0.3 is 15.0 Å². The molecular weight excluding hydrogens is 416 g/mol. The fourth-order valence-electron chi connectivity index (χ4n) is 3.83. The molecule has 0 aliphatic carbocycles. The lowest BCUT2D eigenvalue weighted by Crippen LogP contribution is -2.37. The van der Waals surface area contributed by atoms with E-state index in [1.165, 1.54) is 0 Å². The van der Waals surface area contributed by atoms with Gasteiger partial charge in [-0.1, -0.05) is 36.4 Å². The van der Waals surface area contributed by atoms with E-state index in [9.17, 15) is 0 Å². The average Bonchev–Trinajstić information content (AvgIpc) is 3.05. The van der Waals surface area contributed by atoms with Crippen LogP contribution in [-0.4, -0.2) is 46.1 Å². The SMILES string of the molecule is Cc1cccc(CN2CCCN(C(=S)Nc3ccc(OCc4ccccc4)cc3)CC2)n1. The second-order valence-corrected chi connectivity index (χ2v) is 8.50. The van der Waals surface area contributed by atoms with Crippen LogP contribution in [0.2, 0.25) is 0 Å². The monoisotopic (exact) mass is 446 g/mol. The molecular formula is C26H30N4OS. The van der Waals surface area contributed by atoms with Gasteiger partial charge >= 0.3 is 0 Å². The zero-order valence-corrected chi connectivity index (χ0v) is 19.4. The fraction of sp³-hybridized carbons (Fsp3) is 0.308. The molecule has 32 heavy (non-hydrogen) atoms. The molecule has 0 amide bonds. The number of hydrogen-bond acceptors (Lipinski definition) is 4. The molecule has 5 nitrogen and oxygen atoms in total.